The Morgan fingerprint density at radius 3 is 2.52 bits per heavy atom. The third-order valence-electron chi connectivity index (χ3n) is 3.52. The summed E-state index contributed by atoms with van der Waals surface area (Å²) in [6, 6.07) is 12.7. The predicted octanol–water partition coefficient (Wildman–Crippen LogP) is 4.24. The Bertz CT molecular complexity index is 869. The number of aliphatic imine (C=N–C) groups is 1. The number of amidine groups is 1. The molecule has 1 aliphatic heterocycles. The first kappa shape index (κ1) is 16.1. The zero-order valence-electron chi connectivity index (χ0n) is 12.3. The molecule has 7 heteroatoms. The van der Waals surface area contributed by atoms with Gasteiger partial charge in [-0.05, 0) is 30.7 Å². The first-order valence-electron chi connectivity index (χ1n) is 7.08. The Morgan fingerprint density at radius 1 is 1.17 bits per heavy atom. The molecule has 3 rings (SSSR count). The summed E-state index contributed by atoms with van der Waals surface area (Å²) in [5, 5.41) is 0. The molecule has 0 saturated carbocycles. The van der Waals surface area contributed by atoms with Crippen molar-refractivity contribution in [3.63, 3.8) is 0 Å². The van der Waals surface area contributed by atoms with Gasteiger partial charge in [-0.2, -0.15) is 0 Å². The van der Waals surface area contributed by atoms with E-state index in [9.17, 15) is 12.8 Å². The molecule has 23 heavy (non-hydrogen) atoms. The van der Waals surface area contributed by atoms with Gasteiger partial charge in [-0.15, -0.1) is 0 Å². The van der Waals surface area contributed by atoms with Crippen LogP contribution in [0.2, 0.25) is 0 Å². The number of anilines is 1. The van der Waals surface area contributed by atoms with Crippen LogP contribution in [0.25, 0.3) is 0 Å². The van der Waals surface area contributed by atoms with Gasteiger partial charge in [0.15, 0.2) is 0 Å². The highest BCUT2D eigenvalue weighted by atomic mass is 79.9. The molecule has 4 nitrogen and oxygen atoms in total. The predicted molar refractivity (Wildman–Crippen MR) is 92.6 cm³/mol. The van der Waals surface area contributed by atoms with Crippen LogP contribution in [-0.4, -0.2) is 19.1 Å². The van der Waals surface area contributed by atoms with Crippen LogP contribution in [0.4, 0.5) is 15.8 Å². The molecule has 1 unspecified atom stereocenters. The second kappa shape index (κ2) is 6.05. The van der Waals surface area contributed by atoms with Crippen LogP contribution in [0.1, 0.15) is 13.3 Å². The highest BCUT2D eigenvalue weighted by Crippen LogP contribution is 2.38. The van der Waals surface area contributed by atoms with Crippen LogP contribution in [0.15, 0.2) is 58.4 Å². The van der Waals surface area contributed by atoms with Gasteiger partial charge >= 0.3 is 0 Å². The molecular weight excluding hydrogens is 383 g/mol. The molecule has 2 aromatic carbocycles. The number of fused-ring (bicyclic) bond motifs is 1. The maximum atomic E-state index is 14.2. The molecule has 1 aliphatic rings. The first-order valence-corrected chi connectivity index (χ1v) is 9.44. The highest BCUT2D eigenvalue weighted by molar-refractivity contribution is 9.10. The molecule has 0 fully saturated rings. The Labute approximate surface area is 142 Å². The average Bonchev–Trinajstić information content (AvgIpc) is 2.53. The lowest BCUT2D eigenvalue weighted by Crippen LogP contribution is -2.43. The Morgan fingerprint density at radius 2 is 1.87 bits per heavy atom. The van der Waals surface area contributed by atoms with Crippen molar-refractivity contribution in [2.75, 3.05) is 4.31 Å². The second-order valence-corrected chi connectivity index (χ2v) is 7.87. The Kier molecular flexibility index (Phi) is 4.25. The molecule has 0 saturated heterocycles. The van der Waals surface area contributed by atoms with Gasteiger partial charge in [0.1, 0.15) is 16.5 Å². The van der Waals surface area contributed by atoms with Crippen molar-refractivity contribution < 1.29 is 12.8 Å². The fourth-order valence-electron chi connectivity index (χ4n) is 2.44. The quantitative estimate of drug-likeness (QED) is 0.728. The average molecular weight is 397 g/mol. The highest BCUT2D eigenvalue weighted by Gasteiger charge is 2.39. The van der Waals surface area contributed by atoms with E-state index in [0.29, 0.717) is 17.9 Å². The maximum absolute atomic E-state index is 14.2. The van der Waals surface area contributed by atoms with Gasteiger partial charge in [0.25, 0.3) is 10.0 Å². The van der Waals surface area contributed by atoms with Crippen molar-refractivity contribution in [3.8, 4) is 0 Å². The van der Waals surface area contributed by atoms with E-state index < -0.39 is 15.8 Å². The van der Waals surface area contributed by atoms with E-state index >= 15 is 0 Å². The van der Waals surface area contributed by atoms with E-state index in [1.807, 2.05) is 6.92 Å². The summed E-state index contributed by atoms with van der Waals surface area (Å²) in [5.74, 6) is -0.467. The zero-order valence-corrected chi connectivity index (χ0v) is 14.7. The van der Waals surface area contributed by atoms with E-state index in [-0.39, 0.29) is 15.4 Å². The third-order valence-corrected chi connectivity index (χ3v) is 6.37. The van der Waals surface area contributed by atoms with E-state index in [4.69, 9.17) is 0 Å². The standard InChI is InChI=1S/C16H14BrFN2O2S/c1-2-12(17)16-19-14-10-6-9-13(18)15(14)23(21,22)20(16)11-7-4-3-5-8-11/h3-10,12H,2H2,1H3. The van der Waals surface area contributed by atoms with Crippen LogP contribution in [-0.2, 0) is 10.0 Å². The van der Waals surface area contributed by atoms with Gasteiger partial charge in [-0.3, -0.25) is 0 Å². The van der Waals surface area contributed by atoms with Crippen molar-refractivity contribution in [1.29, 1.82) is 0 Å². The summed E-state index contributed by atoms with van der Waals surface area (Å²) in [4.78, 5) is 3.75. The number of hydrogen-bond donors (Lipinski definition) is 0. The molecule has 1 heterocycles. The van der Waals surface area contributed by atoms with Crippen molar-refractivity contribution in [2.24, 2.45) is 4.99 Å². The molecule has 0 bridgehead atoms. The fourth-order valence-corrected chi connectivity index (χ4v) is 4.57. The zero-order chi connectivity index (χ0) is 16.6. The molecule has 0 amide bonds. The summed E-state index contributed by atoms with van der Waals surface area (Å²) < 4.78 is 41.4. The second-order valence-electron chi connectivity index (χ2n) is 5.04. The number of halogens is 2. The lowest BCUT2D eigenvalue weighted by atomic mass is 10.2. The van der Waals surface area contributed by atoms with Crippen LogP contribution < -0.4 is 4.31 Å². The number of benzene rings is 2. The van der Waals surface area contributed by atoms with Crippen LogP contribution >= 0.6 is 15.9 Å². The molecule has 0 aromatic heterocycles. The number of para-hydroxylation sites is 1. The molecule has 1 atom stereocenters. The smallest absolute Gasteiger partial charge is 0.232 e. The van der Waals surface area contributed by atoms with Crippen molar-refractivity contribution >= 4 is 43.2 Å². The van der Waals surface area contributed by atoms with E-state index in [0.717, 1.165) is 10.4 Å². The number of alkyl halides is 1. The van der Waals surface area contributed by atoms with Gasteiger partial charge in [0, 0.05) is 0 Å². The molecular formula is C16H14BrFN2O2S. The normalized spacial score (nSPS) is 17.3. The maximum Gasteiger partial charge on any atom is 0.274 e. The van der Waals surface area contributed by atoms with Crippen molar-refractivity contribution in [3.05, 3.63) is 54.3 Å². The molecule has 0 N–H and O–H groups in total. The fraction of sp³-hybridized carbons (Fsp3) is 0.188. The largest absolute Gasteiger partial charge is 0.274 e. The van der Waals surface area contributed by atoms with Crippen LogP contribution in [0, 0.1) is 5.82 Å². The van der Waals surface area contributed by atoms with E-state index in [2.05, 4.69) is 20.9 Å². The minimum Gasteiger partial charge on any atom is -0.232 e. The number of sulfonamides is 1. The third kappa shape index (κ3) is 2.68. The molecule has 120 valence electrons. The summed E-state index contributed by atoms with van der Waals surface area (Å²) in [5.41, 5.74) is 0.558. The molecule has 0 spiro atoms. The molecule has 0 radical (unpaired) electrons. The topological polar surface area (TPSA) is 49.7 Å². The van der Waals surface area contributed by atoms with Gasteiger partial charge in [-0.25, -0.2) is 22.1 Å². The SMILES string of the molecule is CCC(Br)C1=Nc2cccc(F)c2S(=O)(=O)N1c1ccccc1. The summed E-state index contributed by atoms with van der Waals surface area (Å²) in [6.07, 6.45) is 0.641. The minimum atomic E-state index is -4.07. The Hall–Kier alpha value is -1.73. The van der Waals surface area contributed by atoms with Crippen LogP contribution in [0.5, 0.6) is 0 Å². The van der Waals surface area contributed by atoms with Gasteiger partial charge in [-0.1, -0.05) is 47.1 Å². The van der Waals surface area contributed by atoms with Gasteiger partial charge in [0.05, 0.1) is 16.2 Å². The Balaban J connectivity index is 2.32. The number of rotatable bonds is 3. The number of hydrogen-bond acceptors (Lipinski definition) is 3. The molecule has 2 aromatic rings. The lowest BCUT2D eigenvalue weighted by molar-refractivity contribution is 0.567. The van der Waals surface area contributed by atoms with Crippen LogP contribution in [0.3, 0.4) is 0 Å². The van der Waals surface area contributed by atoms with Gasteiger partial charge in [0.2, 0.25) is 0 Å². The molecule has 0 aliphatic carbocycles. The van der Waals surface area contributed by atoms with Crippen molar-refractivity contribution in [2.45, 2.75) is 23.1 Å². The first-order chi connectivity index (χ1) is 11.0. The summed E-state index contributed by atoms with van der Waals surface area (Å²) in [7, 11) is -4.07. The van der Waals surface area contributed by atoms with Gasteiger partial charge < -0.3 is 0 Å². The van der Waals surface area contributed by atoms with E-state index in [1.165, 1.54) is 12.1 Å². The minimum absolute atomic E-state index is 0.130. The summed E-state index contributed by atoms with van der Waals surface area (Å²) >= 11 is 3.47. The summed E-state index contributed by atoms with van der Waals surface area (Å²) in [6.45, 7) is 1.92. The van der Waals surface area contributed by atoms with Crippen molar-refractivity contribution in [1.82, 2.24) is 0 Å². The number of nitrogens with zero attached hydrogens (tertiary/aromatic N) is 2. The monoisotopic (exact) mass is 396 g/mol. The lowest BCUT2D eigenvalue weighted by Gasteiger charge is -2.31. The van der Waals surface area contributed by atoms with E-state index in [1.54, 1.807) is 30.3 Å².